The SMILES string of the molecule is CC(Nc1ccc(-n2cncn2)cc1)c1cnccn1. The third kappa shape index (κ3) is 2.64. The van der Waals surface area contributed by atoms with Gasteiger partial charge in [0.05, 0.1) is 23.6 Å². The van der Waals surface area contributed by atoms with E-state index in [1.165, 1.54) is 6.33 Å². The average Bonchev–Trinajstić information content (AvgIpc) is 3.03. The van der Waals surface area contributed by atoms with Crippen LogP contribution in [0.1, 0.15) is 18.7 Å². The molecular formula is C14H14N6. The largest absolute Gasteiger partial charge is 0.377 e. The summed E-state index contributed by atoms with van der Waals surface area (Å²) in [6, 6.07) is 8.08. The molecule has 100 valence electrons. The average molecular weight is 266 g/mol. The predicted octanol–water partition coefficient (Wildman–Crippen LogP) is 2.23. The molecule has 1 atom stereocenters. The highest BCUT2D eigenvalue weighted by Crippen LogP contribution is 2.18. The Hall–Kier alpha value is -2.76. The van der Waals surface area contributed by atoms with Crippen molar-refractivity contribution >= 4 is 5.69 Å². The number of hydrogen-bond acceptors (Lipinski definition) is 5. The molecule has 0 saturated heterocycles. The first-order chi connectivity index (χ1) is 9.83. The molecule has 0 aliphatic heterocycles. The number of rotatable bonds is 4. The monoisotopic (exact) mass is 266 g/mol. The van der Waals surface area contributed by atoms with Gasteiger partial charge in [-0.05, 0) is 31.2 Å². The first-order valence-electron chi connectivity index (χ1n) is 6.30. The van der Waals surface area contributed by atoms with Crippen molar-refractivity contribution in [2.24, 2.45) is 0 Å². The number of anilines is 1. The predicted molar refractivity (Wildman–Crippen MR) is 75.4 cm³/mol. The highest BCUT2D eigenvalue weighted by molar-refractivity contribution is 5.49. The van der Waals surface area contributed by atoms with Crippen molar-refractivity contribution in [3.8, 4) is 5.69 Å². The number of benzene rings is 1. The van der Waals surface area contributed by atoms with Gasteiger partial charge in [0.1, 0.15) is 12.7 Å². The molecule has 0 fully saturated rings. The third-order valence-electron chi connectivity index (χ3n) is 2.96. The molecule has 0 bridgehead atoms. The lowest BCUT2D eigenvalue weighted by atomic mass is 10.2. The molecule has 1 unspecified atom stereocenters. The molecule has 1 N–H and O–H groups in total. The van der Waals surface area contributed by atoms with Crippen molar-refractivity contribution < 1.29 is 0 Å². The molecule has 0 aliphatic carbocycles. The van der Waals surface area contributed by atoms with Gasteiger partial charge >= 0.3 is 0 Å². The van der Waals surface area contributed by atoms with E-state index in [-0.39, 0.29) is 6.04 Å². The lowest BCUT2D eigenvalue weighted by Gasteiger charge is -2.14. The zero-order valence-electron chi connectivity index (χ0n) is 11.0. The Labute approximate surface area is 116 Å². The second-order valence-corrected chi connectivity index (χ2v) is 4.38. The standard InChI is InChI=1S/C14H14N6/c1-11(14-8-15-6-7-17-14)19-12-2-4-13(5-3-12)20-10-16-9-18-20/h2-11,19H,1H3. The van der Waals surface area contributed by atoms with Gasteiger partial charge in [-0.2, -0.15) is 5.10 Å². The summed E-state index contributed by atoms with van der Waals surface area (Å²) >= 11 is 0. The van der Waals surface area contributed by atoms with Crippen molar-refractivity contribution in [1.29, 1.82) is 0 Å². The van der Waals surface area contributed by atoms with Crippen molar-refractivity contribution in [3.05, 3.63) is 61.2 Å². The van der Waals surface area contributed by atoms with Crippen LogP contribution in [0.3, 0.4) is 0 Å². The fraction of sp³-hybridized carbons (Fsp3) is 0.143. The quantitative estimate of drug-likeness (QED) is 0.784. The van der Waals surface area contributed by atoms with Crippen LogP contribution in [-0.2, 0) is 0 Å². The van der Waals surface area contributed by atoms with Gasteiger partial charge in [0, 0.05) is 18.1 Å². The fourth-order valence-corrected chi connectivity index (χ4v) is 1.91. The Balaban J connectivity index is 1.72. The molecule has 2 aromatic heterocycles. The maximum Gasteiger partial charge on any atom is 0.138 e. The lowest BCUT2D eigenvalue weighted by Crippen LogP contribution is -2.08. The van der Waals surface area contributed by atoms with Crippen LogP contribution < -0.4 is 5.32 Å². The van der Waals surface area contributed by atoms with Crippen LogP contribution in [0.2, 0.25) is 0 Å². The zero-order valence-corrected chi connectivity index (χ0v) is 11.0. The van der Waals surface area contributed by atoms with Gasteiger partial charge in [-0.1, -0.05) is 0 Å². The van der Waals surface area contributed by atoms with Gasteiger partial charge in [0.15, 0.2) is 0 Å². The third-order valence-corrected chi connectivity index (χ3v) is 2.96. The van der Waals surface area contributed by atoms with E-state index in [1.807, 2.05) is 24.3 Å². The second-order valence-electron chi connectivity index (χ2n) is 4.38. The Morgan fingerprint density at radius 3 is 2.60 bits per heavy atom. The topological polar surface area (TPSA) is 68.5 Å². The number of nitrogens with zero attached hydrogens (tertiary/aromatic N) is 5. The molecular weight excluding hydrogens is 252 g/mol. The van der Waals surface area contributed by atoms with Gasteiger partial charge in [0.25, 0.3) is 0 Å². The van der Waals surface area contributed by atoms with E-state index in [0.717, 1.165) is 17.1 Å². The number of hydrogen-bond donors (Lipinski definition) is 1. The summed E-state index contributed by atoms with van der Waals surface area (Å²) in [7, 11) is 0. The van der Waals surface area contributed by atoms with E-state index in [1.54, 1.807) is 29.6 Å². The zero-order chi connectivity index (χ0) is 13.8. The molecule has 2 heterocycles. The maximum absolute atomic E-state index is 4.29. The number of nitrogens with one attached hydrogen (secondary N) is 1. The molecule has 0 saturated carbocycles. The minimum absolute atomic E-state index is 0.0981. The Morgan fingerprint density at radius 1 is 1.10 bits per heavy atom. The van der Waals surface area contributed by atoms with Crippen LogP contribution in [0.4, 0.5) is 5.69 Å². The van der Waals surface area contributed by atoms with Crippen LogP contribution in [0.15, 0.2) is 55.5 Å². The Kier molecular flexibility index (Phi) is 3.36. The summed E-state index contributed by atoms with van der Waals surface area (Å²) in [6.45, 7) is 2.05. The Morgan fingerprint density at radius 2 is 1.95 bits per heavy atom. The van der Waals surface area contributed by atoms with E-state index in [0.29, 0.717) is 0 Å². The molecule has 0 spiro atoms. The lowest BCUT2D eigenvalue weighted by molar-refractivity contribution is 0.826. The summed E-state index contributed by atoms with van der Waals surface area (Å²) < 4.78 is 1.72. The molecule has 6 heteroatoms. The molecule has 0 radical (unpaired) electrons. The summed E-state index contributed by atoms with van der Waals surface area (Å²) in [5.41, 5.74) is 2.90. The first kappa shape index (κ1) is 12.3. The van der Waals surface area contributed by atoms with Gasteiger partial charge < -0.3 is 5.32 Å². The minimum atomic E-state index is 0.0981. The maximum atomic E-state index is 4.29. The first-order valence-corrected chi connectivity index (χ1v) is 6.30. The van der Waals surface area contributed by atoms with Crippen molar-refractivity contribution in [3.63, 3.8) is 0 Å². The summed E-state index contributed by atoms with van der Waals surface area (Å²) in [6.07, 6.45) is 8.32. The van der Waals surface area contributed by atoms with Crippen LogP contribution in [0, 0.1) is 0 Å². The van der Waals surface area contributed by atoms with Crippen molar-refractivity contribution in [2.45, 2.75) is 13.0 Å². The van der Waals surface area contributed by atoms with Crippen LogP contribution >= 0.6 is 0 Å². The molecule has 3 rings (SSSR count). The highest BCUT2D eigenvalue weighted by atomic mass is 15.3. The molecule has 0 amide bonds. The van der Waals surface area contributed by atoms with Crippen LogP contribution in [-0.4, -0.2) is 24.7 Å². The highest BCUT2D eigenvalue weighted by Gasteiger charge is 2.06. The van der Waals surface area contributed by atoms with E-state index in [4.69, 9.17) is 0 Å². The van der Waals surface area contributed by atoms with E-state index >= 15 is 0 Å². The fourth-order valence-electron chi connectivity index (χ4n) is 1.91. The molecule has 6 nitrogen and oxygen atoms in total. The normalized spacial score (nSPS) is 12.1. The van der Waals surface area contributed by atoms with E-state index in [9.17, 15) is 0 Å². The number of aromatic nitrogens is 5. The Bertz CT molecular complexity index is 648. The van der Waals surface area contributed by atoms with Gasteiger partial charge in [0.2, 0.25) is 0 Å². The summed E-state index contributed by atoms with van der Waals surface area (Å²) in [5, 5.41) is 7.47. The summed E-state index contributed by atoms with van der Waals surface area (Å²) in [5.74, 6) is 0. The van der Waals surface area contributed by atoms with Gasteiger partial charge in [-0.15, -0.1) is 0 Å². The molecule has 20 heavy (non-hydrogen) atoms. The van der Waals surface area contributed by atoms with Crippen LogP contribution in [0.25, 0.3) is 5.69 Å². The van der Waals surface area contributed by atoms with E-state index < -0.39 is 0 Å². The van der Waals surface area contributed by atoms with Crippen molar-refractivity contribution in [1.82, 2.24) is 24.7 Å². The summed E-state index contributed by atoms with van der Waals surface area (Å²) in [4.78, 5) is 12.3. The van der Waals surface area contributed by atoms with Gasteiger partial charge in [-0.25, -0.2) is 9.67 Å². The van der Waals surface area contributed by atoms with Crippen molar-refractivity contribution in [2.75, 3.05) is 5.32 Å². The van der Waals surface area contributed by atoms with E-state index in [2.05, 4.69) is 32.3 Å². The van der Waals surface area contributed by atoms with Gasteiger partial charge in [-0.3, -0.25) is 9.97 Å². The molecule has 3 aromatic rings. The smallest absolute Gasteiger partial charge is 0.138 e. The van der Waals surface area contributed by atoms with Crippen LogP contribution in [0.5, 0.6) is 0 Å². The second kappa shape index (κ2) is 5.48. The molecule has 1 aromatic carbocycles. The minimum Gasteiger partial charge on any atom is -0.377 e. The molecule has 0 aliphatic rings.